The van der Waals surface area contributed by atoms with Gasteiger partial charge >= 0.3 is 0 Å². The largest absolute Gasteiger partial charge is 0.392 e. The summed E-state index contributed by atoms with van der Waals surface area (Å²) in [6.45, 7) is 1.84. The van der Waals surface area contributed by atoms with Crippen LogP contribution in [0, 0.1) is 6.92 Å². The second-order valence-electron chi connectivity index (χ2n) is 4.70. The smallest absolute Gasteiger partial charge is 0.240 e. The van der Waals surface area contributed by atoms with Crippen molar-refractivity contribution >= 4 is 10.0 Å². The first kappa shape index (κ1) is 15.6. The van der Waals surface area contributed by atoms with Gasteiger partial charge in [0.15, 0.2) is 0 Å². The molecule has 0 aliphatic rings. The second kappa shape index (κ2) is 6.80. The van der Waals surface area contributed by atoms with Gasteiger partial charge in [-0.25, -0.2) is 13.1 Å². The Hall–Kier alpha value is -1.76. The van der Waals surface area contributed by atoms with Gasteiger partial charge in [0.25, 0.3) is 0 Å². The molecule has 21 heavy (non-hydrogen) atoms. The summed E-state index contributed by atoms with van der Waals surface area (Å²) >= 11 is 0. The molecular weight excluding hydrogens is 288 g/mol. The summed E-state index contributed by atoms with van der Waals surface area (Å²) in [6.07, 6.45) is 3.96. The molecule has 1 aromatic heterocycles. The lowest BCUT2D eigenvalue weighted by Crippen LogP contribution is -2.26. The summed E-state index contributed by atoms with van der Waals surface area (Å²) in [7, 11) is -3.57. The number of rotatable bonds is 6. The molecule has 112 valence electrons. The summed E-state index contributed by atoms with van der Waals surface area (Å²) in [6, 6.07) is 8.60. The molecule has 0 saturated heterocycles. The van der Waals surface area contributed by atoms with Crippen LogP contribution in [0.4, 0.5) is 0 Å². The molecule has 1 aromatic carbocycles. The van der Waals surface area contributed by atoms with Crippen LogP contribution in [0.1, 0.15) is 16.7 Å². The first-order valence-corrected chi connectivity index (χ1v) is 8.11. The van der Waals surface area contributed by atoms with Crippen molar-refractivity contribution in [1.82, 2.24) is 9.71 Å². The van der Waals surface area contributed by atoms with Crippen molar-refractivity contribution in [2.75, 3.05) is 6.54 Å². The second-order valence-corrected chi connectivity index (χ2v) is 6.44. The minimum absolute atomic E-state index is 0.174. The Balaban J connectivity index is 2.09. The number of nitrogens with zero attached hydrogens (tertiary/aromatic N) is 1. The highest BCUT2D eigenvalue weighted by Gasteiger charge is 2.17. The molecule has 0 atom stereocenters. The van der Waals surface area contributed by atoms with Gasteiger partial charge in [-0.15, -0.1) is 0 Å². The number of nitrogens with one attached hydrogen (secondary N) is 1. The Morgan fingerprint density at radius 3 is 2.57 bits per heavy atom. The lowest BCUT2D eigenvalue weighted by atomic mass is 10.1. The molecule has 5 nitrogen and oxygen atoms in total. The van der Waals surface area contributed by atoms with Crippen LogP contribution in [0.3, 0.4) is 0 Å². The van der Waals surface area contributed by atoms with Crippen LogP contribution >= 0.6 is 0 Å². The maximum absolute atomic E-state index is 12.3. The van der Waals surface area contributed by atoms with Gasteiger partial charge in [0.2, 0.25) is 10.0 Å². The van der Waals surface area contributed by atoms with Crippen LogP contribution in [-0.4, -0.2) is 25.1 Å². The Morgan fingerprint density at radius 1 is 1.19 bits per heavy atom. The van der Waals surface area contributed by atoms with E-state index in [2.05, 4.69) is 9.71 Å². The third-order valence-corrected chi connectivity index (χ3v) is 4.92. The average Bonchev–Trinajstić information content (AvgIpc) is 2.48. The van der Waals surface area contributed by atoms with E-state index in [0.717, 1.165) is 5.56 Å². The zero-order valence-electron chi connectivity index (χ0n) is 11.8. The van der Waals surface area contributed by atoms with Gasteiger partial charge in [0.05, 0.1) is 11.5 Å². The van der Waals surface area contributed by atoms with E-state index < -0.39 is 10.0 Å². The lowest BCUT2D eigenvalue weighted by Gasteiger charge is -2.11. The van der Waals surface area contributed by atoms with Gasteiger partial charge in [-0.1, -0.05) is 12.1 Å². The molecule has 0 unspecified atom stereocenters. The fourth-order valence-electron chi connectivity index (χ4n) is 2.08. The predicted molar refractivity (Wildman–Crippen MR) is 80.2 cm³/mol. The Morgan fingerprint density at radius 2 is 1.90 bits per heavy atom. The normalized spacial score (nSPS) is 11.5. The quantitative estimate of drug-likeness (QED) is 0.845. The average molecular weight is 306 g/mol. The molecule has 2 aromatic rings. The highest BCUT2D eigenvalue weighted by atomic mass is 32.2. The third kappa shape index (κ3) is 3.87. The minimum atomic E-state index is -3.57. The van der Waals surface area contributed by atoms with E-state index in [0.29, 0.717) is 24.1 Å². The predicted octanol–water partition coefficient (Wildman–Crippen LogP) is 1.40. The molecule has 0 radical (unpaired) electrons. The molecule has 2 rings (SSSR count). The van der Waals surface area contributed by atoms with Gasteiger partial charge < -0.3 is 5.11 Å². The van der Waals surface area contributed by atoms with E-state index in [1.807, 2.05) is 12.1 Å². The number of aromatic nitrogens is 1. The Bertz CT molecular complexity index is 700. The number of sulfonamides is 1. The van der Waals surface area contributed by atoms with Gasteiger partial charge in [0, 0.05) is 18.9 Å². The minimum Gasteiger partial charge on any atom is -0.392 e. The molecule has 6 heteroatoms. The number of benzene rings is 1. The zero-order chi connectivity index (χ0) is 15.3. The van der Waals surface area contributed by atoms with Crippen LogP contribution in [0.5, 0.6) is 0 Å². The lowest BCUT2D eigenvalue weighted by molar-refractivity contribution is 0.280. The summed E-state index contributed by atoms with van der Waals surface area (Å²) < 4.78 is 27.2. The summed E-state index contributed by atoms with van der Waals surface area (Å²) in [5.41, 5.74) is 2.22. The SMILES string of the molecule is Cc1c(CO)cccc1S(=O)(=O)NCCc1ccncc1. The molecule has 0 saturated carbocycles. The van der Waals surface area contributed by atoms with Crippen molar-refractivity contribution in [2.24, 2.45) is 0 Å². The van der Waals surface area contributed by atoms with Crippen molar-refractivity contribution in [1.29, 1.82) is 0 Å². The highest BCUT2D eigenvalue weighted by Crippen LogP contribution is 2.18. The van der Waals surface area contributed by atoms with Crippen LogP contribution in [0.25, 0.3) is 0 Å². The van der Waals surface area contributed by atoms with Crippen LogP contribution < -0.4 is 4.72 Å². The van der Waals surface area contributed by atoms with E-state index in [4.69, 9.17) is 0 Å². The molecule has 0 amide bonds. The topological polar surface area (TPSA) is 79.3 Å². The summed E-state index contributed by atoms with van der Waals surface area (Å²) in [4.78, 5) is 4.13. The number of pyridine rings is 1. The first-order valence-electron chi connectivity index (χ1n) is 6.62. The van der Waals surface area contributed by atoms with Gasteiger partial charge in [-0.2, -0.15) is 0 Å². The molecule has 0 aliphatic heterocycles. The maximum atomic E-state index is 12.3. The fourth-order valence-corrected chi connectivity index (χ4v) is 3.40. The van der Waals surface area contributed by atoms with Gasteiger partial charge in [0.1, 0.15) is 0 Å². The fraction of sp³-hybridized carbons (Fsp3) is 0.267. The zero-order valence-corrected chi connectivity index (χ0v) is 12.6. The van der Waals surface area contributed by atoms with E-state index in [1.54, 1.807) is 37.5 Å². The van der Waals surface area contributed by atoms with Crippen LogP contribution in [0.15, 0.2) is 47.6 Å². The van der Waals surface area contributed by atoms with Crippen LogP contribution in [-0.2, 0) is 23.1 Å². The number of hydrogen-bond donors (Lipinski definition) is 2. The summed E-state index contributed by atoms with van der Waals surface area (Å²) in [5.74, 6) is 0. The van der Waals surface area contributed by atoms with E-state index >= 15 is 0 Å². The molecule has 0 fully saturated rings. The molecule has 0 bridgehead atoms. The van der Waals surface area contributed by atoms with Gasteiger partial charge in [-0.3, -0.25) is 4.98 Å². The van der Waals surface area contributed by atoms with E-state index in [9.17, 15) is 13.5 Å². The molecular formula is C15H18N2O3S. The number of aliphatic hydroxyl groups excluding tert-OH is 1. The first-order chi connectivity index (χ1) is 10.0. The standard InChI is InChI=1S/C15H18N2O3S/c1-12-14(11-18)3-2-4-15(12)21(19,20)17-10-7-13-5-8-16-9-6-13/h2-6,8-9,17-18H,7,10-11H2,1H3. The van der Waals surface area contributed by atoms with Crippen molar-refractivity contribution in [3.63, 3.8) is 0 Å². The van der Waals surface area contributed by atoms with Crippen LogP contribution in [0.2, 0.25) is 0 Å². The summed E-state index contributed by atoms with van der Waals surface area (Å²) in [5, 5.41) is 9.21. The Labute approximate surface area is 124 Å². The van der Waals surface area contributed by atoms with Crippen molar-refractivity contribution < 1.29 is 13.5 Å². The monoisotopic (exact) mass is 306 g/mol. The number of hydrogen-bond acceptors (Lipinski definition) is 4. The third-order valence-electron chi connectivity index (χ3n) is 3.31. The van der Waals surface area contributed by atoms with Crippen molar-refractivity contribution in [2.45, 2.75) is 24.8 Å². The maximum Gasteiger partial charge on any atom is 0.240 e. The molecule has 0 spiro atoms. The molecule has 1 heterocycles. The van der Waals surface area contributed by atoms with Crippen molar-refractivity contribution in [3.05, 3.63) is 59.4 Å². The van der Waals surface area contributed by atoms with Crippen molar-refractivity contribution in [3.8, 4) is 0 Å². The van der Waals surface area contributed by atoms with E-state index in [-0.39, 0.29) is 11.5 Å². The van der Waals surface area contributed by atoms with Gasteiger partial charge in [-0.05, 0) is 48.2 Å². The highest BCUT2D eigenvalue weighted by molar-refractivity contribution is 7.89. The molecule has 0 aliphatic carbocycles. The molecule has 2 N–H and O–H groups in total. The van der Waals surface area contributed by atoms with E-state index in [1.165, 1.54) is 0 Å². The Kier molecular flexibility index (Phi) is 5.06. The number of aliphatic hydroxyl groups is 1.